The van der Waals surface area contributed by atoms with Gasteiger partial charge in [-0.25, -0.2) is 4.79 Å². The molecule has 6 heteroatoms. The summed E-state index contributed by atoms with van der Waals surface area (Å²) >= 11 is 0. The predicted octanol–water partition coefficient (Wildman–Crippen LogP) is 4.05. The number of hydrogen-bond donors (Lipinski definition) is 0. The maximum absolute atomic E-state index is 12.4. The molecule has 0 unspecified atom stereocenters. The number of carbonyl (C=O) groups excluding carboxylic acids is 1. The van der Waals surface area contributed by atoms with Crippen LogP contribution in [0.1, 0.15) is 66.5 Å². The van der Waals surface area contributed by atoms with Crippen LogP contribution in [0.2, 0.25) is 0 Å². The third-order valence-corrected chi connectivity index (χ3v) is 5.09. The summed E-state index contributed by atoms with van der Waals surface area (Å²) in [6, 6.07) is 6.22. The number of aryl methyl sites for hydroxylation is 1. The van der Waals surface area contributed by atoms with Gasteiger partial charge >= 0.3 is 13.2 Å². The van der Waals surface area contributed by atoms with Crippen molar-refractivity contribution in [3.05, 3.63) is 29.3 Å². The van der Waals surface area contributed by atoms with E-state index in [0.717, 1.165) is 16.6 Å². The lowest BCUT2D eigenvalue weighted by Crippen LogP contribution is -2.41. The van der Waals surface area contributed by atoms with Crippen molar-refractivity contribution in [3.8, 4) is 0 Å². The SMILES string of the molecule is CCN(Cc1cc(C)cc(B2OC(C)(C)C(C)(C)O2)c1)C(=O)OC(C)(C)C. The van der Waals surface area contributed by atoms with Gasteiger partial charge in [-0.2, -0.15) is 0 Å². The Morgan fingerprint density at radius 3 is 2.15 bits per heavy atom. The van der Waals surface area contributed by atoms with E-state index in [0.29, 0.717) is 13.1 Å². The number of nitrogens with zero attached hydrogens (tertiary/aromatic N) is 1. The van der Waals surface area contributed by atoms with Gasteiger partial charge in [0.1, 0.15) is 5.60 Å². The average molecular weight is 375 g/mol. The maximum atomic E-state index is 12.4. The van der Waals surface area contributed by atoms with Gasteiger partial charge in [0.05, 0.1) is 11.2 Å². The van der Waals surface area contributed by atoms with Crippen molar-refractivity contribution < 1.29 is 18.8 Å². The molecule has 27 heavy (non-hydrogen) atoms. The lowest BCUT2D eigenvalue weighted by atomic mass is 9.77. The van der Waals surface area contributed by atoms with Crippen LogP contribution < -0.4 is 5.46 Å². The van der Waals surface area contributed by atoms with Gasteiger partial charge in [-0.15, -0.1) is 0 Å². The van der Waals surface area contributed by atoms with Gasteiger partial charge in [-0.05, 0) is 73.3 Å². The Hall–Kier alpha value is -1.53. The zero-order valence-corrected chi connectivity index (χ0v) is 18.3. The van der Waals surface area contributed by atoms with E-state index in [-0.39, 0.29) is 17.3 Å². The second-order valence-corrected chi connectivity index (χ2v) is 9.33. The van der Waals surface area contributed by atoms with E-state index in [2.05, 4.69) is 18.2 Å². The van der Waals surface area contributed by atoms with E-state index < -0.39 is 12.7 Å². The minimum Gasteiger partial charge on any atom is -0.444 e. The summed E-state index contributed by atoms with van der Waals surface area (Å²) in [5.74, 6) is 0. The molecule has 0 saturated carbocycles. The molecule has 1 aromatic rings. The highest BCUT2D eigenvalue weighted by atomic mass is 16.7. The van der Waals surface area contributed by atoms with Gasteiger partial charge in [0, 0.05) is 13.1 Å². The first-order valence-corrected chi connectivity index (χ1v) is 9.68. The second kappa shape index (κ2) is 7.48. The third kappa shape index (κ3) is 5.26. The molecule has 1 fully saturated rings. The fraction of sp³-hybridized carbons (Fsp3) is 0.667. The lowest BCUT2D eigenvalue weighted by molar-refractivity contribution is 0.00578. The van der Waals surface area contributed by atoms with Crippen LogP contribution in [0.15, 0.2) is 18.2 Å². The minimum absolute atomic E-state index is 0.302. The second-order valence-electron chi connectivity index (χ2n) is 9.33. The zero-order chi connectivity index (χ0) is 20.6. The smallest absolute Gasteiger partial charge is 0.444 e. The lowest BCUT2D eigenvalue weighted by Gasteiger charge is -2.32. The molecule has 0 aromatic heterocycles. The average Bonchev–Trinajstić information content (AvgIpc) is 2.70. The monoisotopic (exact) mass is 375 g/mol. The fourth-order valence-electron chi connectivity index (χ4n) is 2.95. The molecule has 5 nitrogen and oxygen atoms in total. The van der Waals surface area contributed by atoms with Gasteiger partial charge in [-0.3, -0.25) is 0 Å². The Morgan fingerprint density at radius 1 is 1.11 bits per heavy atom. The summed E-state index contributed by atoms with van der Waals surface area (Å²) in [6.45, 7) is 18.9. The fourth-order valence-corrected chi connectivity index (χ4v) is 2.95. The van der Waals surface area contributed by atoms with Crippen molar-refractivity contribution in [1.29, 1.82) is 0 Å². The first kappa shape index (κ1) is 21.8. The van der Waals surface area contributed by atoms with Crippen LogP contribution in [0.25, 0.3) is 0 Å². The number of hydrogen-bond acceptors (Lipinski definition) is 4. The summed E-state index contributed by atoms with van der Waals surface area (Å²) in [4.78, 5) is 14.1. The highest BCUT2D eigenvalue weighted by Crippen LogP contribution is 2.36. The molecule has 1 aromatic carbocycles. The van der Waals surface area contributed by atoms with E-state index >= 15 is 0 Å². The van der Waals surface area contributed by atoms with E-state index in [1.807, 2.05) is 62.3 Å². The molecule has 1 amide bonds. The molecule has 1 heterocycles. The number of rotatable bonds is 4. The summed E-state index contributed by atoms with van der Waals surface area (Å²) in [5, 5.41) is 0. The van der Waals surface area contributed by atoms with E-state index in [1.165, 1.54) is 0 Å². The number of ether oxygens (including phenoxy) is 1. The van der Waals surface area contributed by atoms with Gasteiger partial charge in [0.25, 0.3) is 0 Å². The van der Waals surface area contributed by atoms with E-state index in [1.54, 1.807) is 4.90 Å². The summed E-state index contributed by atoms with van der Waals surface area (Å²) in [5.41, 5.74) is 1.85. The van der Waals surface area contributed by atoms with Gasteiger partial charge < -0.3 is 18.9 Å². The summed E-state index contributed by atoms with van der Waals surface area (Å²) in [7, 11) is -0.412. The Morgan fingerprint density at radius 2 is 1.67 bits per heavy atom. The molecular formula is C21H34BNO4. The molecule has 0 atom stereocenters. The van der Waals surface area contributed by atoms with Crippen molar-refractivity contribution in [2.75, 3.05) is 6.54 Å². The largest absolute Gasteiger partial charge is 0.494 e. The third-order valence-electron chi connectivity index (χ3n) is 5.09. The molecule has 0 spiro atoms. The summed E-state index contributed by atoms with van der Waals surface area (Å²) in [6.07, 6.45) is -0.302. The minimum atomic E-state index is -0.509. The van der Waals surface area contributed by atoms with Crippen LogP contribution in [0, 0.1) is 6.92 Å². The Bertz CT molecular complexity index is 678. The van der Waals surface area contributed by atoms with Gasteiger partial charge in [0.2, 0.25) is 0 Å². The van der Waals surface area contributed by atoms with Crippen LogP contribution in [0.5, 0.6) is 0 Å². The molecule has 1 saturated heterocycles. The van der Waals surface area contributed by atoms with Crippen molar-refractivity contribution in [2.24, 2.45) is 0 Å². The van der Waals surface area contributed by atoms with Crippen molar-refractivity contribution in [2.45, 2.75) is 85.7 Å². The Labute approximate surface area is 164 Å². The number of carbonyl (C=O) groups is 1. The van der Waals surface area contributed by atoms with Crippen molar-refractivity contribution in [1.82, 2.24) is 4.90 Å². The number of amides is 1. The van der Waals surface area contributed by atoms with Gasteiger partial charge in [0.15, 0.2) is 0 Å². The molecule has 0 aliphatic carbocycles. The summed E-state index contributed by atoms with van der Waals surface area (Å²) < 4.78 is 17.9. The molecular weight excluding hydrogens is 341 g/mol. The molecule has 0 N–H and O–H groups in total. The highest BCUT2D eigenvalue weighted by Gasteiger charge is 2.51. The van der Waals surface area contributed by atoms with Crippen LogP contribution in [-0.2, 0) is 20.6 Å². The molecule has 0 bridgehead atoms. The van der Waals surface area contributed by atoms with E-state index in [4.69, 9.17) is 14.0 Å². The van der Waals surface area contributed by atoms with Crippen LogP contribution in [0.3, 0.4) is 0 Å². The van der Waals surface area contributed by atoms with E-state index in [9.17, 15) is 4.79 Å². The first-order valence-electron chi connectivity index (χ1n) is 9.68. The zero-order valence-electron chi connectivity index (χ0n) is 18.3. The Balaban J connectivity index is 2.21. The molecule has 1 aliphatic heterocycles. The predicted molar refractivity (Wildman–Crippen MR) is 109 cm³/mol. The van der Waals surface area contributed by atoms with Crippen LogP contribution >= 0.6 is 0 Å². The number of benzene rings is 1. The molecule has 2 rings (SSSR count). The topological polar surface area (TPSA) is 48.0 Å². The highest BCUT2D eigenvalue weighted by molar-refractivity contribution is 6.62. The van der Waals surface area contributed by atoms with Crippen molar-refractivity contribution >= 4 is 18.7 Å². The Kier molecular flexibility index (Phi) is 6.03. The quantitative estimate of drug-likeness (QED) is 0.745. The normalized spacial score (nSPS) is 18.5. The van der Waals surface area contributed by atoms with Crippen LogP contribution in [-0.4, -0.2) is 41.5 Å². The first-order chi connectivity index (χ1) is 12.2. The molecule has 150 valence electrons. The molecule has 1 aliphatic rings. The molecule has 0 radical (unpaired) electrons. The van der Waals surface area contributed by atoms with Crippen LogP contribution in [0.4, 0.5) is 4.79 Å². The van der Waals surface area contributed by atoms with Gasteiger partial charge in [-0.1, -0.05) is 23.8 Å². The standard InChI is InChI=1S/C21H34BNO4/c1-10-23(18(24)25-19(3,4)5)14-16-11-15(2)12-17(13-16)22-26-20(6,7)21(8,9)27-22/h11-13H,10,14H2,1-9H3. The van der Waals surface area contributed by atoms with Crippen molar-refractivity contribution in [3.63, 3.8) is 0 Å². The maximum Gasteiger partial charge on any atom is 0.494 e.